The number of carboxylic acid groups (broad SMARTS) is 1. The van der Waals surface area contributed by atoms with E-state index in [0.29, 0.717) is 5.69 Å². The van der Waals surface area contributed by atoms with E-state index in [4.69, 9.17) is 5.11 Å². The molecule has 0 spiro atoms. The molecule has 0 aliphatic heterocycles. The molecule has 1 aromatic rings. The standard InChI is InChI=1S/C12H16N2O3/c1-3-13-7-11(15)14-10-5-4-9(12(16)17)6-8(10)2/h4-6,13H,3,7H2,1-2H3,(H,14,15)(H,16,17). The van der Waals surface area contributed by atoms with Crippen LogP contribution in [0.5, 0.6) is 0 Å². The molecule has 0 aliphatic carbocycles. The molecule has 0 saturated heterocycles. The minimum absolute atomic E-state index is 0.141. The second-order valence-electron chi connectivity index (χ2n) is 3.66. The number of aryl methyl sites for hydroxylation is 1. The first-order valence-corrected chi connectivity index (χ1v) is 5.39. The Morgan fingerprint density at radius 1 is 1.35 bits per heavy atom. The third kappa shape index (κ3) is 3.88. The van der Waals surface area contributed by atoms with Crippen molar-refractivity contribution in [3.63, 3.8) is 0 Å². The molecule has 0 bridgehead atoms. The molecule has 5 nitrogen and oxygen atoms in total. The summed E-state index contributed by atoms with van der Waals surface area (Å²) in [5.74, 6) is -1.11. The maximum absolute atomic E-state index is 11.5. The minimum atomic E-state index is -0.973. The largest absolute Gasteiger partial charge is 0.478 e. The lowest BCUT2D eigenvalue weighted by molar-refractivity contribution is -0.115. The molecule has 0 saturated carbocycles. The van der Waals surface area contributed by atoms with Gasteiger partial charge in [-0.2, -0.15) is 0 Å². The monoisotopic (exact) mass is 236 g/mol. The Bertz CT molecular complexity index is 430. The summed E-state index contributed by atoms with van der Waals surface area (Å²) >= 11 is 0. The van der Waals surface area contributed by atoms with Crippen LogP contribution < -0.4 is 10.6 Å². The highest BCUT2D eigenvalue weighted by molar-refractivity contribution is 5.94. The molecule has 3 N–H and O–H groups in total. The van der Waals surface area contributed by atoms with Crippen LogP contribution in [0.15, 0.2) is 18.2 Å². The molecule has 0 aliphatic rings. The Morgan fingerprint density at radius 3 is 2.59 bits per heavy atom. The number of aromatic carboxylic acids is 1. The lowest BCUT2D eigenvalue weighted by Crippen LogP contribution is -2.28. The molecular formula is C12H16N2O3. The summed E-state index contributed by atoms with van der Waals surface area (Å²) < 4.78 is 0. The first-order valence-electron chi connectivity index (χ1n) is 5.39. The Hall–Kier alpha value is -1.88. The summed E-state index contributed by atoms with van der Waals surface area (Å²) in [7, 11) is 0. The zero-order valence-corrected chi connectivity index (χ0v) is 9.91. The van der Waals surface area contributed by atoms with Gasteiger partial charge in [-0.05, 0) is 37.2 Å². The number of hydrogen-bond donors (Lipinski definition) is 3. The van der Waals surface area contributed by atoms with Gasteiger partial charge < -0.3 is 15.7 Å². The Labute approximate surface area is 99.8 Å². The SMILES string of the molecule is CCNCC(=O)Nc1ccc(C(=O)O)cc1C. The van der Waals surface area contributed by atoms with E-state index in [0.717, 1.165) is 12.1 Å². The maximum Gasteiger partial charge on any atom is 0.335 e. The number of anilines is 1. The van der Waals surface area contributed by atoms with Gasteiger partial charge in [0.1, 0.15) is 0 Å². The van der Waals surface area contributed by atoms with Crippen molar-refractivity contribution in [3.8, 4) is 0 Å². The fourth-order valence-electron chi connectivity index (χ4n) is 1.37. The smallest absolute Gasteiger partial charge is 0.335 e. The summed E-state index contributed by atoms with van der Waals surface area (Å²) in [6.45, 7) is 4.65. The predicted molar refractivity (Wildman–Crippen MR) is 65.3 cm³/mol. The van der Waals surface area contributed by atoms with Gasteiger partial charge in [-0.1, -0.05) is 6.92 Å². The van der Waals surface area contributed by atoms with Crippen molar-refractivity contribution < 1.29 is 14.7 Å². The second-order valence-corrected chi connectivity index (χ2v) is 3.66. The first-order chi connectivity index (χ1) is 8.04. The number of likely N-dealkylation sites (N-methyl/N-ethyl adjacent to an activating group) is 1. The molecule has 0 radical (unpaired) electrons. The number of benzene rings is 1. The van der Waals surface area contributed by atoms with E-state index in [2.05, 4.69) is 10.6 Å². The number of carboxylic acids is 1. The van der Waals surface area contributed by atoms with Crippen LogP contribution in [0.1, 0.15) is 22.8 Å². The van der Waals surface area contributed by atoms with Gasteiger partial charge in [0.05, 0.1) is 12.1 Å². The fourth-order valence-corrected chi connectivity index (χ4v) is 1.37. The highest BCUT2D eigenvalue weighted by Gasteiger charge is 2.07. The van der Waals surface area contributed by atoms with Crippen LogP contribution in [0.4, 0.5) is 5.69 Å². The van der Waals surface area contributed by atoms with E-state index in [1.807, 2.05) is 6.92 Å². The number of rotatable bonds is 5. The van der Waals surface area contributed by atoms with Gasteiger partial charge in [0.2, 0.25) is 5.91 Å². The molecule has 5 heteroatoms. The molecule has 1 amide bonds. The van der Waals surface area contributed by atoms with E-state index in [1.165, 1.54) is 12.1 Å². The highest BCUT2D eigenvalue weighted by Crippen LogP contribution is 2.16. The van der Waals surface area contributed by atoms with Crippen molar-refractivity contribution in [1.82, 2.24) is 5.32 Å². The number of carbonyl (C=O) groups is 2. The number of hydrogen-bond acceptors (Lipinski definition) is 3. The van der Waals surface area contributed by atoms with Crippen molar-refractivity contribution in [2.45, 2.75) is 13.8 Å². The number of carbonyl (C=O) groups excluding carboxylic acids is 1. The summed E-state index contributed by atoms with van der Waals surface area (Å²) in [5.41, 5.74) is 1.58. The summed E-state index contributed by atoms with van der Waals surface area (Å²) in [6, 6.07) is 4.60. The minimum Gasteiger partial charge on any atom is -0.478 e. The van der Waals surface area contributed by atoms with Crippen LogP contribution in [0.2, 0.25) is 0 Å². The van der Waals surface area contributed by atoms with E-state index < -0.39 is 5.97 Å². The van der Waals surface area contributed by atoms with E-state index >= 15 is 0 Å². The fraction of sp³-hybridized carbons (Fsp3) is 0.333. The Kier molecular flexibility index (Phi) is 4.66. The molecule has 92 valence electrons. The molecule has 0 aromatic heterocycles. The third-order valence-electron chi connectivity index (χ3n) is 2.28. The van der Waals surface area contributed by atoms with Crippen LogP contribution in [-0.2, 0) is 4.79 Å². The third-order valence-corrected chi connectivity index (χ3v) is 2.28. The zero-order valence-electron chi connectivity index (χ0n) is 9.91. The summed E-state index contributed by atoms with van der Waals surface area (Å²) in [6.07, 6.45) is 0. The molecule has 1 aromatic carbocycles. The molecule has 17 heavy (non-hydrogen) atoms. The predicted octanol–water partition coefficient (Wildman–Crippen LogP) is 1.24. The summed E-state index contributed by atoms with van der Waals surface area (Å²) in [4.78, 5) is 22.2. The van der Waals surface area contributed by atoms with Gasteiger partial charge in [-0.25, -0.2) is 4.79 Å². The lowest BCUT2D eigenvalue weighted by atomic mass is 10.1. The van der Waals surface area contributed by atoms with Crippen molar-refractivity contribution in [1.29, 1.82) is 0 Å². The zero-order chi connectivity index (χ0) is 12.8. The van der Waals surface area contributed by atoms with Gasteiger partial charge in [0.25, 0.3) is 0 Å². The first kappa shape index (κ1) is 13.2. The lowest BCUT2D eigenvalue weighted by Gasteiger charge is -2.09. The van der Waals surface area contributed by atoms with Crippen LogP contribution in [-0.4, -0.2) is 30.1 Å². The van der Waals surface area contributed by atoms with Crippen LogP contribution >= 0.6 is 0 Å². The van der Waals surface area contributed by atoms with Gasteiger partial charge in [0, 0.05) is 5.69 Å². The second kappa shape index (κ2) is 6.00. The Balaban J connectivity index is 2.72. The van der Waals surface area contributed by atoms with Crippen LogP contribution in [0, 0.1) is 6.92 Å². The average molecular weight is 236 g/mol. The average Bonchev–Trinajstić information content (AvgIpc) is 2.28. The normalized spacial score (nSPS) is 10.0. The van der Waals surface area contributed by atoms with E-state index in [9.17, 15) is 9.59 Å². The molecule has 0 fully saturated rings. The van der Waals surface area contributed by atoms with Gasteiger partial charge in [-0.3, -0.25) is 4.79 Å². The van der Waals surface area contributed by atoms with Crippen LogP contribution in [0.3, 0.4) is 0 Å². The maximum atomic E-state index is 11.5. The molecular weight excluding hydrogens is 220 g/mol. The van der Waals surface area contributed by atoms with Gasteiger partial charge in [-0.15, -0.1) is 0 Å². The van der Waals surface area contributed by atoms with Crippen molar-refractivity contribution >= 4 is 17.6 Å². The van der Waals surface area contributed by atoms with Gasteiger partial charge >= 0.3 is 5.97 Å². The van der Waals surface area contributed by atoms with E-state index in [-0.39, 0.29) is 18.0 Å². The topological polar surface area (TPSA) is 78.4 Å². The van der Waals surface area contributed by atoms with E-state index in [1.54, 1.807) is 13.0 Å². The Morgan fingerprint density at radius 2 is 2.06 bits per heavy atom. The van der Waals surface area contributed by atoms with Crippen molar-refractivity contribution in [2.24, 2.45) is 0 Å². The van der Waals surface area contributed by atoms with Crippen molar-refractivity contribution in [3.05, 3.63) is 29.3 Å². The number of amides is 1. The van der Waals surface area contributed by atoms with Gasteiger partial charge in [0.15, 0.2) is 0 Å². The van der Waals surface area contributed by atoms with Crippen LogP contribution in [0.25, 0.3) is 0 Å². The van der Waals surface area contributed by atoms with Crippen molar-refractivity contribution in [2.75, 3.05) is 18.4 Å². The number of nitrogens with one attached hydrogen (secondary N) is 2. The molecule has 0 unspecified atom stereocenters. The quantitative estimate of drug-likeness (QED) is 0.718. The molecule has 0 heterocycles. The molecule has 1 rings (SSSR count). The summed E-state index contributed by atoms with van der Waals surface area (Å²) in [5, 5.41) is 14.4. The molecule has 0 atom stereocenters. The highest BCUT2D eigenvalue weighted by atomic mass is 16.4.